The van der Waals surface area contributed by atoms with E-state index in [1.165, 1.54) is 5.56 Å². The number of halogens is 2. The maximum atomic E-state index is 5.99. The van der Waals surface area contributed by atoms with Crippen molar-refractivity contribution in [2.45, 2.75) is 13.0 Å². The maximum absolute atomic E-state index is 5.99. The summed E-state index contributed by atoms with van der Waals surface area (Å²) >= 11 is 11.8. The van der Waals surface area contributed by atoms with Gasteiger partial charge in [0.1, 0.15) is 10.3 Å². The predicted octanol–water partition coefficient (Wildman–Crippen LogP) is 2.38. The lowest BCUT2D eigenvalue weighted by molar-refractivity contribution is 0.312. The fourth-order valence-electron chi connectivity index (χ4n) is 1.61. The Kier molecular flexibility index (Phi) is 2.45. The molecule has 0 amide bonds. The van der Waals surface area contributed by atoms with E-state index in [1.807, 2.05) is 6.07 Å². The van der Waals surface area contributed by atoms with Gasteiger partial charge in [0, 0.05) is 18.7 Å². The van der Waals surface area contributed by atoms with Gasteiger partial charge in [-0.3, -0.25) is 0 Å². The van der Waals surface area contributed by atoms with Crippen LogP contribution < -0.4 is 0 Å². The predicted molar refractivity (Wildman–Crippen MR) is 54.3 cm³/mol. The Morgan fingerprint density at radius 2 is 2.23 bits per heavy atom. The smallest absolute Gasteiger partial charge is 0.135 e. The number of pyridine rings is 1. The minimum Gasteiger partial charge on any atom is -0.302 e. The van der Waals surface area contributed by atoms with Crippen LogP contribution in [0, 0.1) is 0 Å². The van der Waals surface area contributed by atoms with Crippen LogP contribution in [0.15, 0.2) is 6.07 Å². The van der Waals surface area contributed by atoms with Crippen molar-refractivity contribution < 1.29 is 0 Å². The fourth-order valence-corrected chi connectivity index (χ4v) is 2.14. The number of nitrogens with zero attached hydrogens (tertiary/aromatic N) is 2. The van der Waals surface area contributed by atoms with Gasteiger partial charge >= 0.3 is 0 Å². The fraction of sp³-hybridized carbons (Fsp3) is 0.444. The molecule has 0 fully saturated rings. The zero-order chi connectivity index (χ0) is 9.42. The molecule has 1 aromatic heterocycles. The van der Waals surface area contributed by atoms with E-state index >= 15 is 0 Å². The summed E-state index contributed by atoms with van der Waals surface area (Å²) in [7, 11) is 2.08. The lowest BCUT2D eigenvalue weighted by Crippen LogP contribution is -2.27. The number of hydrogen-bond acceptors (Lipinski definition) is 2. The number of fused-ring (bicyclic) bond motifs is 1. The molecule has 0 radical (unpaired) electrons. The van der Waals surface area contributed by atoms with Gasteiger partial charge in [0.25, 0.3) is 0 Å². The van der Waals surface area contributed by atoms with Crippen molar-refractivity contribution >= 4 is 23.2 Å². The first-order valence-corrected chi connectivity index (χ1v) is 4.95. The van der Waals surface area contributed by atoms with Crippen LogP contribution in [0.4, 0.5) is 0 Å². The largest absolute Gasteiger partial charge is 0.302 e. The topological polar surface area (TPSA) is 16.1 Å². The molecule has 2 nitrogen and oxygen atoms in total. The third-order valence-corrected chi connectivity index (χ3v) is 2.83. The van der Waals surface area contributed by atoms with Crippen molar-refractivity contribution in [2.24, 2.45) is 0 Å². The molecule has 0 bridgehead atoms. The van der Waals surface area contributed by atoms with Gasteiger partial charge in [0.2, 0.25) is 0 Å². The molecule has 0 unspecified atom stereocenters. The molecular formula is C9H10Cl2N2. The highest BCUT2D eigenvalue weighted by molar-refractivity contribution is 6.33. The Hall–Kier alpha value is -0.310. The lowest BCUT2D eigenvalue weighted by Gasteiger charge is -2.25. The van der Waals surface area contributed by atoms with Crippen LogP contribution >= 0.6 is 23.2 Å². The van der Waals surface area contributed by atoms with Crippen LogP contribution in [0.2, 0.25) is 10.3 Å². The number of rotatable bonds is 0. The highest BCUT2D eigenvalue weighted by Gasteiger charge is 2.17. The molecular weight excluding hydrogens is 207 g/mol. The molecule has 0 aromatic carbocycles. The summed E-state index contributed by atoms with van der Waals surface area (Å²) in [6.07, 6.45) is 1.01. The van der Waals surface area contributed by atoms with Crippen LogP contribution in [0.3, 0.4) is 0 Å². The van der Waals surface area contributed by atoms with Crippen molar-refractivity contribution in [3.05, 3.63) is 27.5 Å². The minimum atomic E-state index is 0.494. The quantitative estimate of drug-likeness (QED) is 0.620. The van der Waals surface area contributed by atoms with E-state index in [1.54, 1.807) is 0 Å². The van der Waals surface area contributed by atoms with Crippen LogP contribution in [-0.2, 0) is 13.0 Å². The lowest BCUT2D eigenvalue weighted by atomic mass is 10.0. The molecule has 1 aliphatic rings. The molecule has 1 aromatic rings. The van der Waals surface area contributed by atoms with Crippen LogP contribution in [0.25, 0.3) is 0 Å². The molecule has 0 aliphatic carbocycles. The first-order chi connectivity index (χ1) is 6.16. The highest BCUT2D eigenvalue weighted by Crippen LogP contribution is 2.26. The Labute approximate surface area is 87.5 Å². The molecule has 2 rings (SSSR count). The Bertz CT molecular complexity index is 339. The van der Waals surface area contributed by atoms with Gasteiger partial charge in [-0.1, -0.05) is 23.2 Å². The van der Waals surface area contributed by atoms with E-state index in [4.69, 9.17) is 23.2 Å². The van der Waals surface area contributed by atoms with Crippen molar-refractivity contribution in [1.82, 2.24) is 9.88 Å². The summed E-state index contributed by atoms with van der Waals surface area (Å²) in [6.45, 7) is 1.93. The van der Waals surface area contributed by atoms with E-state index in [-0.39, 0.29) is 0 Å². The van der Waals surface area contributed by atoms with E-state index in [0.717, 1.165) is 25.1 Å². The monoisotopic (exact) mass is 216 g/mol. The summed E-state index contributed by atoms with van der Waals surface area (Å²) in [5.74, 6) is 0. The second kappa shape index (κ2) is 3.45. The van der Waals surface area contributed by atoms with Gasteiger partial charge in [0.15, 0.2) is 0 Å². The zero-order valence-electron chi connectivity index (χ0n) is 7.35. The molecule has 13 heavy (non-hydrogen) atoms. The summed E-state index contributed by atoms with van der Waals surface area (Å²) in [4.78, 5) is 6.25. The van der Waals surface area contributed by atoms with Crippen molar-refractivity contribution in [3.8, 4) is 0 Å². The van der Waals surface area contributed by atoms with E-state index in [0.29, 0.717) is 10.3 Å². The Balaban J connectivity index is 2.47. The summed E-state index contributed by atoms with van der Waals surface area (Å²) in [6, 6.07) is 1.91. The van der Waals surface area contributed by atoms with Gasteiger partial charge in [0.05, 0.1) is 0 Å². The Morgan fingerprint density at radius 1 is 1.46 bits per heavy atom. The SMILES string of the molecule is CN1CCc2cc(Cl)nc(Cl)c2C1. The average Bonchev–Trinajstić information content (AvgIpc) is 2.06. The van der Waals surface area contributed by atoms with Crippen molar-refractivity contribution in [3.63, 3.8) is 0 Å². The van der Waals surface area contributed by atoms with Gasteiger partial charge in [-0.05, 0) is 25.1 Å². The molecule has 1 aliphatic heterocycles. The van der Waals surface area contributed by atoms with Gasteiger partial charge in [-0.15, -0.1) is 0 Å². The van der Waals surface area contributed by atoms with E-state index < -0.39 is 0 Å². The van der Waals surface area contributed by atoms with Crippen LogP contribution in [-0.4, -0.2) is 23.5 Å². The maximum Gasteiger partial charge on any atom is 0.135 e. The average molecular weight is 217 g/mol. The molecule has 4 heteroatoms. The van der Waals surface area contributed by atoms with Crippen LogP contribution in [0.5, 0.6) is 0 Å². The highest BCUT2D eigenvalue weighted by atomic mass is 35.5. The molecule has 0 atom stereocenters. The third kappa shape index (κ3) is 1.80. The second-order valence-electron chi connectivity index (χ2n) is 3.36. The summed E-state index contributed by atoms with van der Waals surface area (Å²) in [5.41, 5.74) is 2.36. The first-order valence-electron chi connectivity index (χ1n) is 4.19. The molecule has 0 N–H and O–H groups in total. The summed E-state index contributed by atoms with van der Waals surface area (Å²) in [5, 5.41) is 1.04. The van der Waals surface area contributed by atoms with Gasteiger partial charge in [-0.25, -0.2) is 4.98 Å². The first kappa shape index (κ1) is 9.25. The molecule has 70 valence electrons. The van der Waals surface area contributed by atoms with Gasteiger partial charge < -0.3 is 4.90 Å². The molecule has 2 heterocycles. The summed E-state index contributed by atoms with van der Waals surface area (Å²) < 4.78 is 0. The molecule has 0 saturated carbocycles. The van der Waals surface area contributed by atoms with E-state index in [9.17, 15) is 0 Å². The number of hydrogen-bond donors (Lipinski definition) is 0. The van der Waals surface area contributed by atoms with Crippen molar-refractivity contribution in [1.29, 1.82) is 0 Å². The third-order valence-electron chi connectivity index (χ3n) is 2.33. The number of aromatic nitrogens is 1. The molecule has 0 spiro atoms. The normalized spacial score (nSPS) is 17.2. The van der Waals surface area contributed by atoms with Crippen molar-refractivity contribution in [2.75, 3.05) is 13.6 Å². The Morgan fingerprint density at radius 3 is 3.00 bits per heavy atom. The van der Waals surface area contributed by atoms with Gasteiger partial charge in [-0.2, -0.15) is 0 Å². The minimum absolute atomic E-state index is 0.494. The standard InChI is InChI=1S/C9H10Cl2N2/c1-13-3-2-6-4-8(10)12-9(11)7(6)5-13/h4H,2-3,5H2,1H3. The zero-order valence-corrected chi connectivity index (χ0v) is 8.86. The van der Waals surface area contributed by atoms with Crippen LogP contribution in [0.1, 0.15) is 11.1 Å². The second-order valence-corrected chi connectivity index (χ2v) is 4.11. The molecule has 0 saturated heterocycles. The van der Waals surface area contributed by atoms with E-state index in [2.05, 4.69) is 16.9 Å². The number of likely N-dealkylation sites (N-methyl/N-ethyl adjacent to an activating group) is 1.